The Labute approximate surface area is 111 Å². The molecule has 6 heteroatoms. The third-order valence-corrected chi connectivity index (χ3v) is 2.90. The van der Waals surface area contributed by atoms with Crippen molar-refractivity contribution in [2.24, 2.45) is 7.05 Å². The molecular weight excluding hydrogens is 246 g/mol. The summed E-state index contributed by atoms with van der Waals surface area (Å²) >= 11 is 0. The Bertz CT molecular complexity index is 571. The molecule has 0 aromatic carbocycles. The van der Waals surface area contributed by atoms with Crippen molar-refractivity contribution in [2.75, 3.05) is 6.54 Å². The fraction of sp³-hybridized carbons (Fsp3) is 0.385. The molecule has 0 aliphatic heterocycles. The van der Waals surface area contributed by atoms with Gasteiger partial charge in [-0.05, 0) is 31.5 Å². The lowest BCUT2D eigenvalue weighted by Gasteiger charge is -2.02. The average Bonchev–Trinajstić information content (AvgIpc) is 2.92. The highest BCUT2D eigenvalue weighted by Crippen LogP contribution is 2.14. The minimum absolute atomic E-state index is 0.0124. The molecule has 0 saturated heterocycles. The molecule has 2 aromatic heterocycles. The molecule has 0 aliphatic carbocycles. The van der Waals surface area contributed by atoms with E-state index in [9.17, 15) is 4.79 Å². The highest BCUT2D eigenvalue weighted by Gasteiger charge is 2.12. The minimum atomic E-state index is -1.04. The molecule has 6 nitrogen and oxygen atoms in total. The summed E-state index contributed by atoms with van der Waals surface area (Å²) in [6.07, 6.45) is 4.71. The van der Waals surface area contributed by atoms with Gasteiger partial charge in [0.2, 0.25) is 5.76 Å². The number of carbonyl (C=O) groups is 1. The maximum atomic E-state index is 10.8. The largest absolute Gasteiger partial charge is 0.475 e. The highest BCUT2D eigenvalue weighted by molar-refractivity contribution is 5.84. The van der Waals surface area contributed by atoms with Crippen molar-refractivity contribution >= 4 is 5.97 Å². The van der Waals surface area contributed by atoms with Crippen molar-refractivity contribution in [3.05, 3.63) is 41.1 Å². The number of hydrogen-bond acceptors (Lipinski definition) is 4. The molecule has 0 amide bonds. The van der Waals surface area contributed by atoms with E-state index in [2.05, 4.69) is 10.4 Å². The Morgan fingerprint density at radius 3 is 2.95 bits per heavy atom. The first-order valence-electron chi connectivity index (χ1n) is 6.07. The Kier molecular flexibility index (Phi) is 4.01. The Morgan fingerprint density at radius 2 is 2.37 bits per heavy atom. The van der Waals surface area contributed by atoms with E-state index in [4.69, 9.17) is 9.52 Å². The van der Waals surface area contributed by atoms with Crippen molar-refractivity contribution < 1.29 is 14.3 Å². The van der Waals surface area contributed by atoms with Crippen LogP contribution in [0.3, 0.4) is 0 Å². The van der Waals surface area contributed by atoms with E-state index in [1.54, 1.807) is 17.7 Å². The van der Waals surface area contributed by atoms with Crippen LogP contribution in [0.5, 0.6) is 0 Å². The molecule has 0 radical (unpaired) electrons. The topological polar surface area (TPSA) is 80.3 Å². The molecule has 2 aromatic rings. The maximum Gasteiger partial charge on any atom is 0.371 e. The summed E-state index contributed by atoms with van der Waals surface area (Å²) in [7, 11) is 1.89. The zero-order valence-corrected chi connectivity index (χ0v) is 11.0. The number of nitrogens with zero attached hydrogens (tertiary/aromatic N) is 2. The van der Waals surface area contributed by atoms with Crippen LogP contribution < -0.4 is 5.32 Å². The quantitative estimate of drug-likeness (QED) is 0.769. The summed E-state index contributed by atoms with van der Waals surface area (Å²) < 4.78 is 6.91. The van der Waals surface area contributed by atoms with E-state index >= 15 is 0 Å². The van der Waals surface area contributed by atoms with Gasteiger partial charge in [-0.2, -0.15) is 5.10 Å². The first-order chi connectivity index (χ1) is 9.06. The number of aromatic nitrogens is 2. The molecule has 2 N–H and O–H groups in total. The molecule has 102 valence electrons. The standard InChI is InChI=1S/C13H17N3O3/c1-9-11(5-12(19-9)13(17)18)7-14-4-3-10-6-15-16(2)8-10/h5-6,8,14H,3-4,7H2,1-2H3,(H,17,18). The third kappa shape index (κ3) is 3.45. The molecule has 0 bridgehead atoms. The van der Waals surface area contributed by atoms with Gasteiger partial charge >= 0.3 is 5.97 Å². The lowest BCUT2D eigenvalue weighted by Crippen LogP contribution is -2.16. The number of nitrogens with one attached hydrogen (secondary N) is 1. The molecule has 2 heterocycles. The number of aryl methyl sites for hydroxylation is 2. The van der Waals surface area contributed by atoms with Gasteiger partial charge in [-0.1, -0.05) is 0 Å². The van der Waals surface area contributed by atoms with E-state index in [0.29, 0.717) is 12.3 Å². The molecule has 0 unspecified atom stereocenters. The van der Waals surface area contributed by atoms with Gasteiger partial charge in [0.05, 0.1) is 6.20 Å². The maximum absolute atomic E-state index is 10.8. The fourth-order valence-electron chi connectivity index (χ4n) is 1.86. The van der Waals surface area contributed by atoms with Gasteiger partial charge in [-0.3, -0.25) is 4.68 Å². The summed E-state index contributed by atoms with van der Waals surface area (Å²) in [6.45, 7) is 3.17. The van der Waals surface area contributed by atoms with Gasteiger partial charge in [0, 0.05) is 25.4 Å². The Hall–Kier alpha value is -2.08. The predicted octanol–water partition coefficient (Wildman–Crippen LogP) is 1.35. The SMILES string of the molecule is Cc1oc(C(=O)O)cc1CNCCc1cnn(C)c1. The smallest absolute Gasteiger partial charge is 0.371 e. The van der Waals surface area contributed by atoms with Crippen molar-refractivity contribution in [3.8, 4) is 0 Å². The zero-order valence-electron chi connectivity index (χ0n) is 11.0. The van der Waals surface area contributed by atoms with E-state index in [1.807, 2.05) is 19.4 Å². The van der Waals surface area contributed by atoms with Gasteiger partial charge in [-0.25, -0.2) is 4.79 Å². The Balaban J connectivity index is 1.81. The summed E-state index contributed by atoms with van der Waals surface area (Å²) in [4.78, 5) is 10.8. The summed E-state index contributed by atoms with van der Waals surface area (Å²) in [6, 6.07) is 1.56. The molecule has 19 heavy (non-hydrogen) atoms. The number of hydrogen-bond donors (Lipinski definition) is 2. The van der Waals surface area contributed by atoms with E-state index < -0.39 is 5.97 Å². The fourth-order valence-corrected chi connectivity index (χ4v) is 1.86. The van der Waals surface area contributed by atoms with Crippen LogP contribution in [0, 0.1) is 6.92 Å². The van der Waals surface area contributed by atoms with Crippen LogP contribution in [-0.4, -0.2) is 27.4 Å². The number of rotatable bonds is 6. The molecule has 0 spiro atoms. The number of carboxylic acid groups (broad SMARTS) is 1. The second kappa shape index (κ2) is 5.71. The summed E-state index contributed by atoms with van der Waals surface area (Å²) in [5, 5.41) is 16.2. The van der Waals surface area contributed by atoms with Crippen LogP contribution in [-0.2, 0) is 20.0 Å². The zero-order chi connectivity index (χ0) is 13.8. The van der Waals surface area contributed by atoms with Crippen LogP contribution in [0.1, 0.15) is 27.4 Å². The summed E-state index contributed by atoms with van der Waals surface area (Å²) in [5.41, 5.74) is 2.05. The van der Waals surface area contributed by atoms with Crippen molar-refractivity contribution in [1.82, 2.24) is 15.1 Å². The molecule has 0 fully saturated rings. The van der Waals surface area contributed by atoms with Crippen molar-refractivity contribution in [1.29, 1.82) is 0 Å². The first-order valence-corrected chi connectivity index (χ1v) is 6.07. The van der Waals surface area contributed by atoms with Gasteiger partial charge < -0.3 is 14.8 Å². The highest BCUT2D eigenvalue weighted by atomic mass is 16.4. The summed E-state index contributed by atoms with van der Waals surface area (Å²) in [5.74, 6) is -0.405. The molecule has 0 atom stereocenters. The van der Waals surface area contributed by atoms with Crippen LogP contribution in [0.15, 0.2) is 22.9 Å². The number of furan rings is 1. The predicted molar refractivity (Wildman–Crippen MR) is 69.0 cm³/mol. The molecule has 0 saturated carbocycles. The normalized spacial score (nSPS) is 10.8. The number of aromatic carboxylic acids is 1. The molecular formula is C13H17N3O3. The first kappa shape index (κ1) is 13.4. The number of carboxylic acids is 1. The average molecular weight is 263 g/mol. The van der Waals surface area contributed by atoms with Gasteiger partial charge in [0.25, 0.3) is 0 Å². The molecule has 0 aliphatic rings. The second-order valence-electron chi connectivity index (χ2n) is 4.45. The lowest BCUT2D eigenvalue weighted by atomic mass is 10.2. The minimum Gasteiger partial charge on any atom is -0.475 e. The van der Waals surface area contributed by atoms with Crippen molar-refractivity contribution in [2.45, 2.75) is 19.9 Å². The van der Waals surface area contributed by atoms with Gasteiger partial charge in [0.1, 0.15) is 5.76 Å². The van der Waals surface area contributed by atoms with Gasteiger partial charge in [-0.15, -0.1) is 0 Å². The van der Waals surface area contributed by atoms with E-state index in [1.165, 1.54) is 5.56 Å². The van der Waals surface area contributed by atoms with E-state index in [0.717, 1.165) is 18.5 Å². The van der Waals surface area contributed by atoms with Crippen LogP contribution in [0.2, 0.25) is 0 Å². The monoisotopic (exact) mass is 263 g/mol. The Morgan fingerprint density at radius 1 is 1.58 bits per heavy atom. The van der Waals surface area contributed by atoms with Crippen LogP contribution >= 0.6 is 0 Å². The second-order valence-corrected chi connectivity index (χ2v) is 4.45. The lowest BCUT2D eigenvalue weighted by molar-refractivity contribution is 0.0661. The van der Waals surface area contributed by atoms with E-state index in [-0.39, 0.29) is 5.76 Å². The van der Waals surface area contributed by atoms with Crippen LogP contribution in [0.25, 0.3) is 0 Å². The van der Waals surface area contributed by atoms with Gasteiger partial charge in [0.15, 0.2) is 0 Å². The third-order valence-electron chi connectivity index (χ3n) is 2.90. The molecule has 2 rings (SSSR count). The van der Waals surface area contributed by atoms with Crippen molar-refractivity contribution in [3.63, 3.8) is 0 Å². The van der Waals surface area contributed by atoms with Crippen LogP contribution in [0.4, 0.5) is 0 Å².